The maximum atomic E-state index is 12.2. The third-order valence-electron chi connectivity index (χ3n) is 3.20. The molecule has 0 heterocycles. The minimum Gasteiger partial charge on any atom is -0.479 e. The van der Waals surface area contributed by atoms with Gasteiger partial charge in [-0.2, -0.15) is 0 Å². The summed E-state index contributed by atoms with van der Waals surface area (Å²) in [5.74, 6) is -0.388. The number of nitrogens with one attached hydrogen (secondary N) is 1. The minimum absolute atomic E-state index is 0.325. The molecule has 2 rings (SSSR count). The average molecular weight is 333 g/mol. The Kier molecular flexibility index (Phi) is 5.24. The van der Waals surface area contributed by atoms with E-state index in [2.05, 4.69) is 5.32 Å². The Hall–Kier alpha value is -2.53. The summed E-state index contributed by atoms with van der Waals surface area (Å²) in [5.41, 5.74) is 7.07. The van der Waals surface area contributed by atoms with Gasteiger partial charge in [-0.1, -0.05) is 17.7 Å². The molecule has 5 nitrogen and oxygen atoms in total. The third-order valence-corrected chi connectivity index (χ3v) is 3.51. The van der Waals surface area contributed by atoms with Gasteiger partial charge in [0.25, 0.3) is 5.91 Å². The number of hydrogen-bond acceptors (Lipinski definition) is 3. The molecule has 0 saturated heterocycles. The van der Waals surface area contributed by atoms with Crippen LogP contribution in [0.5, 0.6) is 5.75 Å². The Morgan fingerprint density at radius 2 is 1.83 bits per heavy atom. The second-order valence-corrected chi connectivity index (χ2v) is 5.53. The first kappa shape index (κ1) is 16.8. The molecule has 2 aromatic rings. The maximum Gasteiger partial charge on any atom is 0.265 e. The normalized spacial score (nSPS) is 11.6. The molecule has 2 amide bonds. The van der Waals surface area contributed by atoms with Crippen LogP contribution >= 0.6 is 11.6 Å². The molecular formula is C17H17ClN2O3. The number of ether oxygens (including phenoxy) is 1. The van der Waals surface area contributed by atoms with Crippen LogP contribution in [0.15, 0.2) is 42.5 Å². The maximum absolute atomic E-state index is 12.2. The molecule has 23 heavy (non-hydrogen) atoms. The van der Waals surface area contributed by atoms with Gasteiger partial charge >= 0.3 is 0 Å². The molecule has 6 heteroatoms. The lowest BCUT2D eigenvalue weighted by molar-refractivity contribution is -0.122. The molecule has 0 aliphatic heterocycles. The SMILES string of the molecule is Cc1ccc(Cl)c(OC(C)C(=O)Nc2ccc(C(N)=O)cc2)c1. The summed E-state index contributed by atoms with van der Waals surface area (Å²) in [4.78, 5) is 23.2. The second-order valence-electron chi connectivity index (χ2n) is 5.12. The van der Waals surface area contributed by atoms with E-state index in [0.29, 0.717) is 22.0 Å². The fourth-order valence-corrected chi connectivity index (χ4v) is 2.07. The lowest BCUT2D eigenvalue weighted by Crippen LogP contribution is -2.30. The number of rotatable bonds is 5. The zero-order valence-corrected chi connectivity index (χ0v) is 13.6. The van der Waals surface area contributed by atoms with Crippen molar-refractivity contribution in [1.29, 1.82) is 0 Å². The van der Waals surface area contributed by atoms with Crippen LogP contribution in [0, 0.1) is 6.92 Å². The monoisotopic (exact) mass is 332 g/mol. The van der Waals surface area contributed by atoms with Gasteiger partial charge in [0, 0.05) is 11.3 Å². The van der Waals surface area contributed by atoms with Gasteiger partial charge in [0.1, 0.15) is 5.75 Å². The molecule has 2 aromatic carbocycles. The van der Waals surface area contributed by atoms with Gasteiger partial charge in [-0.3, -0.25) is 9.59 Å². The Balaban J connectivity index is 2.02. The molecule has 0 aliphatic carbocycles. The molecule has 0 aromatic heterocycles. The van der Waals surface area contributed by atoms with Crippen molar-refractivity contribution in [2.24, 2.45) is 5.73 Å². The van der Waals surface area contributed by atoms with Crippen molar-refractivity contribution in [3.8, 4) is 5.75 Å². The van der Waals surface area contributed by atoms with Crippen LogP contribution in [0.2, 0.25) is 5.02 Å². The zero-order chi connectivity index (χ0) is 17.0. The van der Waals surface area contributed by atoms with Gasteiger partial charge in [0.05, 0.1) is 5.02 Å². The number of anilines is 1. The number of hydrogen-bond donors (Lipinski definition) is 2. The van der Waals surface area contributed by atoms with E-state index in [1.54, 1.807) is 43.3 Å². The van der Waals surface area contributed by atoms with E-state index in [9.17, 15) is 9.59 Å². The number of primary amides is 1. The fraction of sp³-hybridized carbons (Fsp3) is 0.176. The summed E-state index contributed by atoms with van der Waals surface area (Å²) in [6, 6.07) is 11.6. The standard InChI is InChI=1S/C17H17ClN2O3/c1-10-3-8-14(18)15(9-10)23-11(2)17(22)20-13-6-4-12(5-7-13)16(19)21/h3-9,11H,1-2H3,(H2,19,21)(H,20,22). The van der Waals surface area contributed by atoms with Crippen molar-refractivity contribution >= 4 is 29.1 Å². The zero-order valence-electron chi connectivity index (χ0n) is 12.8. The van der Waals surface area contributed by atoms with Crippen molar-refractivity contribution in [1.82, 2.24) is 0 Å². The van der Waals surface area contributed by atoms with E-state index in [0.717, 1.165) is 5.56 Å². The van der Waals surface area contributed by atoms with Crippen molar-refractivity contribution in [3.63, 3.8) is 0 Å². The molecule has 0 radical (unpaired) electrons. The van der Waals surface area contributed by atoms with Crippen LogP contribution < -0.4 is 15.8 Å². The van der Waals surface area contributed by atoms with E-state index in [1.807, 2.05) is 13.0 Å². The number of amides is 2. The summed E-state index contributed by atoms with van der Waals surface area (Å²) < 4.78 is 5.60. The smallest absolute Gasteiger partial charge is 0.265 e. The molecule has 0 spiro atoms. The number of aryl methyl sites for hydroxylation is 1. The Bertz CT molecular complexity index is 729. The second kappa shape index (κ2) is 7.15. The van der Waals surface area contributed by atoms with Crippen molar-refractivity contribution in [2.45, 2.75) is 20.0 Å². The van der Waals surface area contributed by atoms with Gasteiger partial charge in [-0.15, -0.1) is 0 Å². The Morgan fingerprint density at radius 1 is 1.17 bits per heavy atom. The molecule has 1 unspecified atom stereocenters. The Labute approximate surface area is 139 Å². The third kappa shape index (κ3) is 4.47. The first-order valence-corrected chi connectivity index (χ1v) is 7.38. The highest BCUT2D eigenvalue weighted by Crippen LogP contribution is 2.26. The van der Waals surface area contributed by atoms with Gasteiger partial charge in [-0.25, -0.2) is 0 Å². The van der Waals surface area contributed by atoms with Gasteiger partial charge in [0.15, 0.2) is 6.10 Å². The van der Waals surface area contributed by atoms with Crippen LogP contribution in [0.3, 0.4) is 0 Å². The highest BCUT2D eigenvalue weighted by atomic mass is 35.5. The molecule has 0 aliphatic rings. The number of nitrogens with two attached hydrogens (primary N) is 1. The van der Waals surface area contributed by atoms with Crippen molar-refractivity contribution in [3.05, 3.63) is 58.6 Å². The van der Waals surface area contributed by atoms with Crippen molar-refractivity contribution in [2.75, 3.05) is 5.32 Å². The summed E-state index contributed by atoms with van der Waals surface area (Å²) in [5, 5.41) is 3.15. The minimum atomic E-state index is -0.731. The summed E-state index contributed by atoms with van der Waals surface area (Å²) in [7, 11) is 0. The highest BCUT2D eigenvalue weighted by molar-refractivity contribution is 6.32. The number of carbonyl (C=O) groups is 2. The number of benzene rings is 2. The molecule has 0 fully saturated rings. The molecule has 3 N–H and O–H groups in total. The fourth-order valence-electron chi connectivity index (χ4n) is 1.91. The van der Waals surface area contributed by atoms with Crippen LogP contribution in [0.1, 0.15) is 22.8 Å². The summed E-state index contributed by atoms with van der Waals surface area (Å²) in [6.07, 6.45) is -0.731. The van der Waals surface area contributed by atoms with Crippen LogP contribution in [-0.2, 0) is 4.79 Å². The molecule has 0 saturated carbocycles. The van der Waals surface area contributed by atoms with Gasteiger partial charge in [-0.05, 0) is 55.8 Å². The number of carbonyl (C=O) groups excluding carboxylic acids is 2. The number of halogens is 1. The van der Waals surface area contributed by atoms with E-state index < -0.39 is 12.0 Å². The molecule has 0 bridgehead atoms. The first-order chi connectivity index (χ1) is 10.9. The lowest BCUT2D eigenvalue weighted by Gasteiger charge is -2.16. The van der Waals surface area contributed by atoms with Gasteiger partial charge in [0.2, 0.25) is 5.91 Å². The first-order valence-electron chi connectivity index (χ1n) is 7.00. The quantitative estimate of drug-likeness (QED) is 0.882. The predicted molar refractivity (Wildman–Crippen MR) is 89.9 cm³/mol. The Morgan fingerprint density at radius 3 is 2.43 bits per heavy atom. The topological polar surface area (TPSA) is 81.4 Å². The molecule has 1 atom stereocenters. The largest absolute Gasteiger partial charge is 0.479 e. The predicted octanol–water partition coefficient (Wildman–Crippen LogP) is 3.15. The summed E-state index contributed by atoms with van der Waals surface area (Å²) >= 11 is 6.05. The van der Waals surface area contributed by atoms with E-state index in [1.165, 1.54) is 0 Å². The lowest BCUT2D eigenvalue weighted by atomic mass is 10.2. The van der Waals surface area contributed by atoms with E-state index >= 15 is 0 Å². The summed E-state index contributed by atoms with van der Waals surface area (Å²) in [6.45, 7) is 3.54. The van der Waals surface area contributed by atoms with Crippen LogP contribution in [-0.4, -0.2) is 17.9 Å². The van der Waals surface area contributed by atoms with Crippen molar-refractivity contribution < 1.29 is 14.3 Å². The average Bonchev–Trinajstić information content (AvgIpc) is 2.51. The van der Waals surface area contributed by atoms with Crippen LogP contribution in [0.25, 0.3) is 0 Å². The molecular weight excluding hydrogens is 316 g/mol. The molecule has 120 valence electrons. The van der Waals surface area contributed by atoms with E-state index in [4.69, 9.17) is 22.1 Å². The highest BCUT2D eigenvalue weighted by Gasteiger charge is 2.16. The van der Waals surface area contributed by atoms with Crippen LogP contribution in [0.4, 0.5) is 5.69 Å². The van der Waals surface area contributed by atoms with Gasteiger partial charge < -0.3 is 15.8 Å². The van der Waals surface area contributed by atoms with E-state index in [-0.39, 0.29) is 5.91 Å².